The summed E-state index contributed by atoms with van der Waals surface area (Å²) in [5.74, 6) is -0.949. The number of non-ortho nitro benzene ring substituents is 1. The van der Waals surface area contributed by atoms with Crippen LogP contribution in [0.5, 0.6) is 0 Å². The molecule has 1 heterocycles. The van der Waals surface area contributed by atoms with E-state index in [1.165, 1.54) is 50.7 Å². The lowest BCUT2D eigenvalue weighted by molar-refractivity contribution is -0.384. The SMILES string of the molecule is CCCCCCCCCCn1c(-c2ccc([N+](=O)[O-])cc2)cc(C(=O)O)c1C. The van der Waals surface area contributed by atoms with Gasteiger partial charge in [-0.25, -0.2) is 4.79 Å². The molecule has 6 heteroatoms. The van der Waals surface area contributed by atoms with Crippen LogP contribution >= 0.6 is 0 Å². The normalized spacial score (nSPS) is 10.9. The predicted octanol–water partition coefficient (Wildman–Crippen LogP) is 6.21. The zero-order valence-electron chi connectivity index (χ0n) is 16.8. The lowest BCUT2D eigenvalue weighted by atomic mass is 10.1. The molecule has 0 aliphatic rings. The van der Waals surface area contributed by atoms with Crippen LogP contribution in [0.15, 0.2) is 30.3 Å². The second-order valence-corrected chi connectivity index (χ2v) is 7.26. The third-order valence-corrected chi connectivity index (χ3v) is 5.21. The highest BCUT2D eigenvalue weighted by molar-refractivity contribution is 5.91. The van der Waals surface area contributed by atoms with E-state index in [1.807, 2.05) is 11.5 Å². The van der Waals surface area contributed by atoms with Crippen molar-refractivity contribution in [1.29, 1.82) is 0 Å². The molecule has 0 fully saturated rings. The van der Waals surface area contributed by atoms with E-state index in [-0.39, 0.29) is 11.3 Å². The lowest BCUT2D eigenvalue weighted by Gasteiger charge is -2.12. The average molecular weight is 386 g/mol. The van der Waals surface area contributed by atoms with E-state index >= 15 is 0 Å². The van der Waals surface area contributed by atoms with Gasteiger partial charge in [-0.1, -0.05) is 51.9 Å². The standard InChI is InChI=1S/C22H30N2O4/c1-3-4-5-6-7-8-9-10-15-23-17(2)20(22(25)26)16-21(23)18-11-13-19(14-12-18)24(27)28/h11-14,16H,3-10,15H2,1-2H3,(H,25,26). The number of carbonyl (C=O) groups is 1. The summed E-state index contributed by atoms with van der Waals surface area (Å²) in [6.45, 7) is 4.79. The summed E-state index contributed by atoms with van der Waals surface area (Å²) in [5.41, 5.74) is 2.63. The van der Waals surface area contributed by atoms with Crippen molar-refractivity contribution in [1.82, 2.24) is 4.57 Å². The van der Waals surface area contributed by atoms with Gasteiger partial charge in [0.1, 0.15) is 0 Å². The number of nitrogens with zero attached hydrogens (tertiary/aromatic N) is 2. The summed E-state index contributed by atoms with van der Waals surface area (Å²) in [5, 5.41) is 20.3. The molecule has 1 aromatic heterocycles. The highest BCUT2D eigenvalue weighted by atomic mass is 16.6. The number of aromatic carboxylic acids is 1. The molecule has 0 bridgehead atoms. The molecule has 1 N–H and O–H groups in total. The van der Waals surface area contributed by atoms with Crippen molar-refractivity contribution in [2.45, 2.75) is 71.8 Å². The molecule has 0 radical (unpaired) electrons. The number of rotatable bonds is 12. The van der Waals surface area contributed by atoms with Gasteiger partial charge in [-0.2, -0.15) is 0 Å². The molecule has 28 heavy (non-hydrogen) atoms. The van der Waals surface area contributed by atoms with Gasteiger partial charge < -0.3 is 9.67 Å². The first-order valence-corrected chi connectivity index (χ1v) is 10.1. The van der Waals surface area contributed by atoms with Crippen molar-refractivity contribution in [3.8, 4) is 11.3 Å². The number of nitro benzene ring substituents is 1. The summed E-state index contributed by atoms with van der Waals surface area (Å²) in [6.07, 6.45) is 9.70. The predicted molar refractivity (Wildman–Crippen MR) is 111 cm³/mol. The molecule has 152 valence electrons. The Morgan fingerprint density at radius 2 is 1.61 bits per heavy atom. The van der Waals surface area contributed by atoms with Gasteiger partial charge in [0, 0.05) is 30.1 Å². The number of hydrogen-bond acceptors (Lipinski definition) is 3. The monoisotopic (exact) mass is 386 g/mol. The molecule has 0 atom stereocenters. The summed E-state index contributed by atoms with van der Waals surface area (Å²) < 4.78 is 2.03. The number of benzene rings is 1. The minimum atomic E-state index is -0.949. The zero-order chi connectivity index (χ0) is 20.5. The third-order valence-electron chi connectivity index (χ3n) is 5.21. The van der Waals surface area contributed by atoms with E-state index in [0.29, 0.717) is 0 Å². The van der Waals surface area contributed by atoms with E-state index in [9.17, 15) is 20.0 Å². The van der Waals surface area contributed by atoms with E-state index in [0.717, 1.165) is 36.3 Å². The second-order valence-electron chi connectivity index (χ2n) is 7.26. The Morgan fingerprint density at radius 3 is 2.14 bits per heavy atom. The molecule has 0 unspecified atom stereocenters. The van der Waals surface area contributed by atoms with Crippen LogP contribution in [0.3, 0.4) is 0 Å². The van der Waals surface area contributed by atoms with Crippen LogP contribution in [-0.2, 0) is 6.54 Å². The average Bonchev–Trinajstić information content (AvgIpc) is 3.00. The fourth-order valence-corrected chi connectivity index (χ4v) is 3.55. The fourth-order valence-electron chi connectivity index (χ4n) is 3.55. The van der Waals surface area contributed by atoms with Crippen molar-refractivity contribution in [2.75, 3.05) is 0 Å². The Balaban J connectivity index is 2.07. The molecule has 0 aliphatic heterocycles. The zero-order valence-corrected chi connectivity index (χ0v) is 16.8. The first kappa shape index (κ1) is 21.7. The number of carboxylic acid groups (broad SMARTS) is 1. The van der Waals surface area contributed by atoms with Crippen molar-refractivity contribution in [3.05, 3.63) is 51.7 Å². The minimum Gasteiger partial charge on any atom is -0.478 e. The van der Waals surface area contributed by atoms with Gasteiger partial charge in [0.2, 0.25) is 0 Å². The Morgan fingerprint density at radius 1 is 1.04 bits per heavy atom. The maximum Gasteiger partial charge on any atom is 0.337 e. The number of unbranched alkanes of at least 4 members (excludes halogenated alkanes) is 7. The summed E-state index contributed by atoms with van der Waals surface area (Å²) in [7, 11) is 0. The largest absolute Gasteiger partial charge is 0.478 e. The van der Waals surface area contributed by atoms with Crippen LogP contribution in [0.4, 0.5) is 5.69 Å². The van der Waals surface area contributed by atoms with Crippen LogP contribution in [-0.4, -0.2) is 20.6 Å². The van der Waals surface area contributed by atoms with Crippen molar-refractivity contribution in [2.24, 2.45) is 0 Å². The van der Waals surface area contributed by atoms with Crippen LogP contribution in [0.1, 0.15) is 74.3 Å². The summed E-state index contributed by atoms with van der Waals surface area (Å²) in [6, 6.07) is 7.95. The van der Waals surface area contributed by atoms with Crippen molar-refractivity contribution >= 4 is 11.7 Å². The third kappa shape index (κ3) is 5.68. The molecule has 0 saturated heterocycles. The molecule has 2 aromatic rings. The first-order valence-electron chi connectivity index (χ1n) is 10.1. The van der Waals surface area contributed by atoms with Gasteiger partial charge in [-0.05, 0) is 37.1 Å². The Kier molecular flexibility index (Phi) is 8.23. The Hall–Kier alpha value is -2.63. The Bertz CT molecular complexity index is 794. The number of carboxylic acids is 1. The first-order chi connectivity index (χ1) is 13.5. The smallest absolute Gasteiger partial charge is 0.337 e. The number of aromatic nitrogens is 1. The summed E-state index contributed by atoms with van der Waals surface area (Å²) in [4.78, 5) is 22.0. The van der Waals surface area contributed by atoms with Crippen LogP contribution in [0.25, 0.3) is 11.3 Å². The van der Waals surface area contributed by atoms with E-state index in [4.69, 9.17) is 0 Å². The molecule has 1 aromatic carbocycles. The highest BCUT2D eigenvalue weighted by Gasteiger charge is 2.18. The van der Waals surface area contributed by atoms with Gasteiger partial charge in [0.15, 0.2) is 0 Å². The van der Waals surface area contributed by atoms with Crippen LogP contribution < -0.4 is 0 Å². The quantitative estimate of drug-likeness (QED) is 0.267. The maximum atomic E-state index is 11.6. The second kappa shape index (κ2) is 10.6. The van der Waals surface area contributed by atoms with Gasteiger partial charge >= 0.3 is 5.97 Å². The molecule has 0 aliphatic carbocycles. The fraction of sp³-hybridized carbons (Fsp3) is 0.500. The minimum absolute atomic E-state index is 0.0279. The number of nitro groups is 1. The van der Waals surface area contributed by atoms with Gasteiger partial charge in [0.25, 0.3) is 5.69 Å². The summed E-state index contributed by atoms with van der Waals surface area (Å²) >= 11 is 0. The van der Waals surface area contributed by atoms with Crippen molar-refractivity contribution in [3.63, 3.8) is 0 Å². The molecule has 0 spiro atoms. The van der Waals surface area contributed by atoms with Gasteiger partial charge in [-0.3, -0.25) is 10.1 Å². The number of hydrogen-bond donors (Lipinski definition) is 1. The van der Waals surface area contributed by atoms with E-state index in [2.05, 4.69) is 6.92 Å². The van der Waals surface area contributed by atoms with Gasteiger partial charge in [-0.15, -0.1) is 0 Å². The molecule has 2 rings (SSSR count). The molecular weight excluding hydrogens is 356 g/mol. The molecule has 0 saturated carbocycles. The van der Waals surface area contributed by atoms with Gasteiger partial charge in [0.05, 0.1) is 10.5 Å². The van der Waals surface area contributed by atoms with E-state index in [1.54, 1.807) is 18.2 Å². The molecular formula is C22H30N2O4. The molecule has 0 amide bonds. The lowest BCUT2D eigenvalue weighted by Crippen LogP contribution is -2.05. The Labute approximate surface area is 166 Å². The van der Waals surface area contributed by atoms with E-state index < -0.39 is 10.9 Å². The maximum absolute atomic E-state index is 11.6. The highest BCUT2D eigenvalue weighted by Crippen LogP contribution is 2.28. The van der Waals surface area contributed by atoms with Crippen LogP contribution in [0.2, 0.25) is 0 Å². The van der Waals surface area contributed by atoms with Crippen LogP contribution in [0, 0.1) is 17.0 Å². The van der Waals surface area contributed by atoms with Crippen molar-refractivity contribution < 1.29 is 14.8 Å². The topological polar surface area (TPSA) is 85.4 Å². The molecule has 6 nitrogen and oxygen atoms in total.